The van der Waals surface area contributed by atoms with E-state index in [2.05, 4.69) is 36.8 Å². The van der Waals surface area contributed by atoms with Crippen molar-refractivity contribution >= 4 is 22.8 Å². The highest BCUT2D eigenvalue weighted by molar-refractivity contribution is 6.00. The summed E-state index contributed by atoms with van der Waals surface area (Å²) in [5.41, 5.74) is 3.06. The average Bonchev–Trinajstić information content (AvgIpc) is 3.57. The Hall–Kier alpha value is -5.15. The number of carbonyl (C=O) groups is 1. The van der Waals surface area contributed by atoms with Gasteiger partial charge in [-0.25, -0.2) is 13.9 Å². The number of oxazole rings is 1. The van der Waals surface area contributed by atoms with Gasteiger partial charge in [-0.2, -0.15) is 10.4 Å². The van der Waals surface area contributed by atoms with Gasteiger partial charge in [0.25, 0.3) is 5.91 Å². The monoisotopic (exact) mass is 540 g/mol. The Morgan fingerprint density at radius 1 is 1.15 bits per heavy atom. The number of nitriles is 1. The molecule has 11 nitrogen and oxygen atoms in total. The predicted molar refractivity (Wildman–Crippen MR) is 144 cm³/mol. The lowest BCUT2D eigenvalue weighted by Gasteiger charge is -2.22. The molecule has 1 unspecified atom stereocenters. The van der Waals surface area contributed by atoms with Crippen LogP contribution in [0.2, 0.25) is 0 Å². The van der Waals surface area contributed by atoms with Gasteiger partial charge in [0.05, 0.1) is 69.6 Å². The summed E-state index contributed by atoms with van der Waals surface area (Å²) in [5.74, 6) is -0.0234. The Morgan fingerprint density at radius 3 is 2.62 bits per heavy atom. The minimum Gasteiger partial charge on any atom is -0.442 e. The number of nitrogens with one attached hydrogen (secondary N) is 2. The molecule has 1 amide bonds. The van der Waals surface area contributed by atoms with Crippen molar-refractivity contribution in [1.29, 1.82) is 5.26 Å². The van der Waals surface area contributed by atoms with Crippen molar-refractivity contribution in [1.82, 2.24) is 29.9 Å². The first-order valence-corrected chi connectivity index (χ1v) is 12.3. The first kappa shape index (κ1) is 26.5. The number of hydrogen-bond donors (Lipinski definition) is 3. The number of rotatable bonds is 8. The number of anilines is 2. The molecule has 0 fully saturated rings. The third kappa shape index (κ3) is 5.36. The summed E-state index contributed by atoms with van der Waals surface area (Å²) in [7, 11) is 0. The first-order chi connectivity index (χ1) is 19.1. The molecule has 12 heteroatoms. The zero-order valence-electron chi connectivity index (χ0n) is 21.9. The van der Waals surface area contributed by atoms with E-state index < -0.39 is 17.7 Å². The van der Waals surface area contributed by atoms with Crippen molar-refractivity contribution < 1.29 is 18.7 Å². The second-order valence-electron chi connectivity index (χ2n) is 9.68. The van der Waals surface area contributed by atoms with Crippen LogP contribution >= 0.6 is 0 Å². The molecule has 0 bridgehead atoms. The molecule has 0 saturated heterocycles. The van der Waals surface area contributed by atoms with E-state index in [0.717, 1.165) is 0 Å². The third-order valence-electron chi connectivity index (χ3n) is 6.27. The number of nitrogens with zero attached hydrogens (tertiary/aromatic N) is 6. The number of carbonyl (C=O) groups excluding carboxylic acids is 1. The standard InChI is InChI=1S/C28H25FN8O3/c1-16-26(40-15-34-16)21-6-4-18(12-31-21)36-22-9-23(24-7-5-19-8-17(10-30)11-35-37(19)24)32-13-20(22)27(38)33-14-25(29)28(2,3)39/h4-9,11-13,15,25,39H,14H2,1-3H3,(H,32,36)(H,33,38). The molecule has 5 rings (SSSR count). The van der Waals surface area contributed by atoms with Crippen LogP contribution in [0.1, 0.15) is 35.5 Å². The highest BCUT2D eigenvalue weighted by Gasteiger charge is 2.27. The SMILES string of the molecule is Cc1ncoc1-c1ccc(Nc2cc(-c3ccc4cc(C#N)cnn34)ncc2C(=O)NCC(F)C(C)(C)O)cn1. The average molecular weight is 541 g/mol. The van der Waals surface area contributed by atoms with Gasteiger partial charge in [-0.15, -0.1) is 0 Å². The van der Waals surface area contributed by atoms with E-state index in [0.29, 0.717) is 51.0 Å². The first-order valence-electron chi connectivity index (χ1n) is 12.3. The molecule has 0 aliphatic rings. The fraction of sp³-hybridized carbons (Fsp3) is 0.214. The van der Waals surface area contributed by atoms with Crippen molar-refractivity contribution in [3.63, 3.8) is 0 Å². The molecule has 0 aliphatic heterocycles. The lowest BCUT2D eigenvalue weighted by molar-refractivity contribution is -0.00177. The van der Waals surface area contributed by atoms with Crippen LogP contribution in [0.5, 0.6) is 0 Å². The lowest BCUT2D eigenvalue weighted by Crippen LogP contribution is -2.42. The number of halogens is 1. The molecule has 5 aromatic heterocycles. The minimum absolute atomic E-state index is 0.155. The predicted octanol–water partition coefficient (Wildman–Crippen LogP) is 4.21. The van der Waals surface area contributed by atoms with Crippen LogP contribution in [0.3, 0.4) is 0 Å². The second-order valence-corrected chi connectivity index (χ2v) is 9.68. The highest BCUT2D eigenvalue weighted by Crippen LogP contribution is 2.29. The summed E-state index contributed by atoms with van der Waals surface area (Å²) >= 11 is 0. The Bertz CT molecular complexity index is 1730. The van der Waals surface area contributed by atoms with E-state index in [9.17, 15) is 19.6 Å². The van der Waals surface area contributed by atoms with Crippen LogP contribution in [0.15, 0.2) is 65.8 Å². The van der Waals surface area contributed by atoms with Crippen molar-refractivity contribution in [3.05, 3.63) is 78.2 Å². The quantitative estimate of drug-likeness (QED) is 0.262. The molecule has 1 atom stereocenters. The fourth-order valence-electron chi connectivity index (χ4n) is 3.97. The van der Waals surface area contributed by atoms with E-state index in [4.69, 9.17) is 4.42 Å². The molecule has 5 heterocycles. The van der Waals surface area contributed by atoms with E-state index in [1.165, 1.54) is 32.6 Å². The van der Waals surface area contributed by atoms with Gasteiger partial charge in [0.2, 0.25) is 0 Å². The highest BCUT2D eigenvalue weighted by atomic mass is 19.1. The van der Waals surface area contributed by atoms with E-state index in [1.807, 2.05) is 19.1 Å². The maximum absolute atomic E-state index is 14.3. The molecule has 0 aliphatic carbocycles. The van der Waals surface area contributed by atoms with Crippen molar-refractivity contribution in [2.45, 2.75) is 32.5 Å². The van der Waals surface area contributed by atoms with Crippen LogP contribution in [0.4, 0.5) is 15.8 Å². The molecule has 0 spiro atoms. The molecular formula is C28H25FN8O3. The van der Waals surface area contributed by atoms with Gasteiger partial charge in [0.1, 0.15) is 17.9 Å². The summed E-state index contributed by atoms with van der Waals surface area (Å²) in [6.07, 6.45) is 4.10. The fourth-order valence-corrected chi connectivity index (χ4v) is 3.97. The van der Waals surface area contributed by atoms with Crippen LogP contribution in [0, 0.1) is 18.3 Å². The van der Waals surface area contributed by atoms with Gasteiger partial charge in [0.15, 0.2) is 12.2 Å². The summed E-state index contributed by atoms with van der Waals surface area (Å²) in [6, 6.07) is 12.6. The molecule has 0 saturated carbocycles. The summed E-state index contributed by atoms with van der Waals surface area (Å²) in [6.45, 7) is 4.10. The third-order valence-corrected chi connectivity index (χ3v) is 6.27. The number of amides is 1. The van der Waals surface area contributed by atoms with Gasteiger partial charge >= 0.3 is 0 Å². The molecular weight excluding hydrogens is 515 g/mol. The summed E-state index contributed by atoms with van der Waals surface area (Å²) in [5, 5.41) is 29.1. The normalized spacial score (nSPS) is 12.2. The number of fused-ring (bicyclic) bond motifs is 1. The van der Waals surface area contributed by atoms with Crippen molar-refractivity contribution in [2.75, 3.05) is 11.9 Å². The molecule has 5 aromatic rings. The summed E-state index contributed by atoms with van der Waals surface area (Å²) in [4.78, 5) is 26.1. The maximum Gasteiger partial charge on any atom is 0.255 e. The Kier molecular flexibility index (Phi) is 6.98. The number of alkyl halides is 1. The molecule has 40 heavy (non-hydrogen) atoms. The maximum atomic E-state index is 14.3. The zero-order chi connectivity index (χ0) is 28.4. The Morgan fingerprint density at radius 2 is 1.95 bits per heavy atom. The van der Waals surface area contributed by atoms with Gasteiger partial charge in [0, 0.05) is 6.20 Å². The number of hydrogen-bond acceptors (Lipinski definition) is 9. The van der Waals surface area contributed by atoms with Crippen LogP contribution < -0.4 is 10.6 Å². The summed E-state index contributed by atoms with van der Waals surface area (Å²) < 4.78 is 21.4. The molecule has 0 radical (unpaired) electrons. The topological polar surface area (TPSA) is 154 Å². The lowest BCUT2D eigenvalue weighted by atomic mass is 10.0. The van der Waals surface area contributed by atoms with Crippen LogP contribution in [-0.2, 0) is 0 Å². The number of pyridine rings is 2. The number of aromatic nitrogens is 5. The van der Waals surface area contributed by atoms with Gasteiger partial charge in [-0.1, -0.05) is 0 Å². The second kappa shape index (κ2) is 10.5. The smallest absolute Gasteiger partial charge is 0.255 e. The largest absolute Gasteiger partial charge is 0.442 e. The Balaban J connectivity index is 1.49. The molecule has 202 valence electrons. The molecule has 0 aromatic carbocycles. The van der Waals surface area contributed by atoms with E-state index in [1.54, 1.807) is 35.0 Å². The van der Waals surface area contributed by atoms with Crippen LogP contribution in [0.25, 0.3) is 28.4 Å². The van der Waals surface area contributed by atoms with E-state index >= 15 is 0 Å². The zero-order valence-corrected chi connectivity index (χ0v) is 21.9. The minimum atomic E-state index is -1.67. The van der Waals surface area contributed by atoms with E-state index in [-0.39, 0.29) is 12.1 Å². The van der Waals surface area contributed by atoms with Gasteiger partial charge in [-0.3, -0.25) is 14.8 Å². The van der Waals surface area contributed by atoms with Gasteiger partial charge < -0.3 is 20.2 Å². The number of aliphatic hydroxyl groups is 1. The van der Waals surface area contributed by atoms with Crippen molar-refractivity contribution in [2.24, 2.45) is 0 Å². The van der Waals surface area contributed by atoms with Gasteiger partial charge in [-0.05, 0) is 57.2 Å². The van der Waals surface area contributed by atoms with Crippen LogP contribution in [-0.4, -0.2) is 53.9 Å². The Labute approximate surface area is 228 Å². The molecule has 3 N–H and O–H groups in total. The number of aryl methyl sites for hydroxylation is 1. The van der Waals surface area contributed by atoms with Crippen molar-refractivity contribution in [3.8, 4) is 28.9 Å².